The van der Waals surface area contributed by atoms with Gasteiger partial charge in [-0.3, -0.25) is 0 Å². The van der Waals surface area contributed by atoms with Gasteiger partial charge >= 0.3 is 0 Å². The van der Waals surface area contributed by atoms with Crippen LogP contribution >= 0.6 is 15.9 Å². The summed E-state index contributed by atoms with van der Waals surface area (Å²) in [6.07, 6.45) is 0. The first-order valence-corrected chi connectivity index (χ1v) is 5.94. The quantitative estimate of drug-likeness (QED) is 0.874. The van der Waals surface area contributed by atoms with Crippen LogP contribution < -0.4 is 5.32 Å². The number of nitrogens with one attached hydrogen (secondary N) is 1. The predicted octanol–water partition coefficient (Wildman–Crippen LogP) is 3.86. The second kappa shape index (κ2) is 5.47. The number of hydrogen-bond acceptors (Lipinski definition) is 1. The Morgan fingerprint density at radius 2 is 2.13 bits per heavy atom. The molecule has 0 heterocycles. The Balaban J connectivity index is 2.76. The standard InChI is InChI=1S/C13H18BrN/c1-9-5-6-10(2)13(7-9)12(4)15-8-11(3)14/h5-7,12,15H,3,8H2,1-2,4H3. The van der Waals surface area contributed by atoms with Crippen molar-refractivity contribution in [3.63, 3.8) is 0 Å². The second-order valence-electron chi connectivity index (χ2n) is 3.98. The van der Waals surface area contributed by atoms with Gasteiger partial charge in [-0.2, -0.15) is 0 Å². The molecule has 0 aliphatic rings. The highest BCUT2D eigenvalue weighted by molar-refractivity contribution is 9.11. The number of rotatable bonds is 4. The summed E-state index contributed by atoms with van der Waals surface area (Å²) >= 11 is 3.35. The van der Waals surface area contributed by atoms with Crippen LogP contribution in [0.1, 0.15) is 29.7 Å². The van der Waals surface area contributed by atoms with Crippen molar-refractivity contribution < 1.29 is 0 Å². The molecule has 1 nitrogen and oxygen atoms in total. The zero-order chi connectivity index (χ0) is 11.4. The van der Waals surface area contributed by atoms with E-state index in [-0.39, 0.29) is 0 Å². The fraction of sp³-hybridized carbons (Fsp3) is 0.385. The SMILES string of the molecule is C=C(Br)CNC(C)c1cc(C)ccc1C. The largest absolute Gasteiger partial charge is 0.306 e. The Morgan fingerprint density at radius 3 is 2.73 bits per heavy atom. The second-order valence-corrected chi connectivity index (χ2v) is 5.10. The summed E-state index contributed by atoms with van der Waals surface area (Å²) in [7, 11) is 0. The third-order valence-electron chi connectivity index (χ3n) is 2.50. The molecule has 0 radical (unpaired) electrons. The number of benzene rings is 1. The van der Waals surface area contributed by atoms with Crippen LogP contribution in [0.5, 0.6) is 0 Å². The third kappa shape index (κ3) is 3.80. The van der Waals surface area contributed by atoms with Gasteiger partial charge in [0.25, 0.3) is 0 Å². The van der Waals surface area contributed by atoms with Gasteiger partial charge < -0.3 is 5.32 Å². The lowest BCUT2D eigenvalue weighted by atomic mass is 10.00. The number of aryl methyl sites for hydroxylation is 2. The van der Waals surface area contributed by atoms with Gasteiger partial charge in [-0.25, -0.2) is 0 Å². The normalized spacial score (nSPS) is 12.5. The fourth-order valence-corrected chi connectivity index (χ4v) is 1.76. The van der Waals surface area contributed by atoms with Crippen LogP contribution in [-0.2, 0) is 0 Å². The molecule has 0 saturated carbocycles. The summed E-state index contributed by atoms with van der Waals surface area (Å²) in [5.41, 5.74) is 4.01. The van der Waals surface area contributed by atoms with Crippen LogP contribution in [0.2, 0.25) is 0 Å². The van der Waals surface area contributed by atoms with Gasteiger partial charge in [-0.05, 0) is 31.9 Å². The minimum Gasteiger partial charge on any atom is -0.306 e. The Labute approximate surface area is 101 Å². The lowest BCUT2D eigenvalue weighted by Gasteiger charge is -2.17. The van der Waals surface area contributed by atoms with E-state index in [2.05, 4.69) is 66.8 Å². The van der Waals surface area contributed by atoms with Gasteiger partial charge in [0.1, 0.15) is 0 Å². The van der Waals surface area contributed by atoms with E-state index >= 15 is 0 Å². The van der Waals surface area contributed by atoms with Gasteiger partial charge in [-0.15, -0.1) is 0 Å². The Bertz CT molecular complexity index is 358. The molecule has 1 unspecified atom stereocenters. The molecule has 1 atom stereocenters. The molecule has 1 rings (SSSR count). The van der Waals surface area contributed by atoms with Gasteiger partial charge in [0.2, 0.25) is 0 Å². The Kier molecular flexibility index (Phi) is 4.55. The molecule has 2 heteroatoms. The molecule has 0 aromatic heterocycles. The molecule has 82 valence electrons. The molecule has 15 heavy (non-hydrogen) atoms. The highest BCUT2D eigenvalue weighted by Gasteiger charge is 2.07. The topological polar surface area (TPSA) is 12.0 Å². The molecule has 0 spiro atoms. The highest BCUT2D eigenvalue weighted by atomic mass is 79.9. The van der Waals surface area contributed by atoms with E-state index in [0.717, 1.165) is 11.0 Å². The van der Waals surface area contributed by atoms with E-state index < -0.39 is 0 Å². The summed E-state index contributed by atoms with van der Waals surface area (Å²) in [4.78, 5) is 0. The predicted molar refractivity (Wildman–Crippen MR) is 70.4 cm³/mol. The molecular formula is C13H18BrN. The highest BCUT2D eigenvalue weighted by Crippen LogP contribution is 2.19. The molecular weight excluding hydrogens is 250 g/mol. The molecule has 0 aliphatic carbocycles. The summed E-state index contributed by atoms with van der Waals surface area (Å²) in [5, 5.41) is 3.42. The van der Waals surface area contributed by atoms with Crippen LogP contribution in [0.25, 0.3) is 0 Å². The van der Waals surface area contributed by atoms with Crippen molar-refractivity contribution in [2.24, 2.45) is 0 Å². The van der Waals surface area contributed by atoms with Crippen LogP contribution in [0.4, 0.5) is 0 Å². The minimum atomic E-state index is 0.360. The first-order chi connectivity index (χ1) is 7.00. The molecule has 0 amide bonds. The maximum Gasteiger partial charge on any atom is 0.0297 e. The van der Waals surface area contributed by atoms with Crippen molar-refractivity contribution in [1.82, 2.24) is 5.32 Å². The first kappa shape index (κ1) is 12.5. The van der Waals surface area contributed by atoms with E-state index in [0.29, 0.717) is 6.04 Å². The molecule has 0 aliphatic heterocycles. The monoisotopic (exact) mass is 267 g/mol. The molecule has 1 aromatic rings. The zero-order valence-electron chi connectivity index (χ0n) is 9.60. The lowest BCUT2D eigenvalue weighted by Crippen LogP contribution is -2.20. The minimum absolute atomic E-state index is 0.360. The summed E-state index contributed by atoms with van der Waals surface area (Å²) < 4.78 is 0.986. The van der Waals surface area contributed by atoms with Crippen LogP contribution in [0.15, 0.2) is 29.3 Å². The van der Waals surface area contributed by atoms with Crippen molar-refractivity contribution >= 4 is 15.9 Å². The third-order valence-corrected chi connectivity index (χ3v) is 2.78. The molecule has 1 N–H and O–H groups in total. The van der Waals surface area contributed by atoms with Gasteiger partial charge in [0.15, 0.2) is 0 Å². The van der Waals surface area contributed by atoms with E-state index in [4.69, 9.17) is 0 Å². The molecule has 0 fully saturated rings. The average Bonchev–Trinajstić information content (AvgIpc) is 2.18. The number of halogens is 1. The van der Waals surface area contributed by atoms with Crippen molar-refractivity contribution in [2.45, 2.75) is 26.8 Å². The Hall–Kier alpha value is -0.600. The van der Waals surface area contributed by atoms with E-state index in [1.807, 2.05) is 0 Å². The van der Waals surface area contributed by atoms with Crippen LogP contribution in [0, 0.1) is 13.8 Å². The Morgan fingerprint density at radius 1 is 1.47 bits per heavy atom. The summed E-state index contributed by atoms with van der Waals surface area (Å²) in [6, 6.07) is 6.92. The molecule has 0 bridgehead atoms. The summed E-state index contributed by atoms with van der Waals surface area (Å²) in [5.74, 6) is 0. The van der Waals surface area contributed by atoms with E-state index in [1.165, 1.54) is 16.7 Å². The van der Waals surface area contributed by atoms with Gasteiger partial charge in [0.05, 0.1) is 0 Å². The van der Waals surface area contributed by atoms with Crippen molar-refractivity contribution in [2.75, 3.05) is 6.54 Å². The van der Waals surface area contributed by atoms with Crippen molar-refractivity contribution in [1.29, 1.82) is 0 Å². The van der Waals surface area contributed by atoms with Gasteiger partial charge in [-0.1, -0.05) is 46.3 Å². The fourth-order valence-electron chi connectivity index (χ4n) is 1.60. The smallest absolute Gasteiger partial charge is 0.0297 e. The maximum absolute atomic E-state index is 3.81. The maximum atomic E-state index is 3.81. The molecule has 1 aromatic carbocycles. The van der Waals surface area contributed by atoms with E-state index in [1.54, 1.807) is 0 Å². The lowest BCUT2D eigenvalue weighted by molar-refractivity contribution is 0.612. The van der Waals surface area contributed by atoms with Crippen LogP contribution in [0.3, 0.4) is 0 Å². The first-order valence-electron chi connectivity index (χ1n) is 5.14. The summed E-state index contributed by atoms with van der Waals surface area (Å²) in [6.45, 7) is 11.1. The number of hydrogen-bond donors (Lipinski definition) is 1. The van der Waals surface area contributed by atoms with Crippen molar-refractivity contribution in [3.8, 4) is 0 Å². The molecule has 0 saturated heterocycles. The van der Waals surface area contributed by atoms with Gasteiger partial charge in [0, 0.05) is 17.1 Å². The zero-order valence-corrected chi connectivity index (χ0v) is 11.2. The van der Waals surface area contributed by atoms with E-state index in [9.17, 15) is 0 Å². The van der Waals surface area contributed by atoms with Crippen molar-refractivity contribution in [3.05, 3.63) is 46.0 Å². The van der Waals surface area contributed by atoms with Crippen LogP contribution in [-0.4, -0.2) is 6.54 Å². The average molecular weight is 268 g/mol.